The predicted octanol–water partition coefficient (Wildman–Crippen LogP) is 2.69. The summed E-state index contributed by atoms with van der Waals surface area (Å²) < 4.78 is 32.3. The molecule has 0 radical (unpaired) electrons. The number of aryl methyl sites for hydroxylation is 1. The minimum Gasteiger partial charge on any atom is -0.462 e. The lowest BCUT2D eigenvalue weighted by Gasteiger charge is -2.39. The number of aromatic nitrogens is 1. The van der Waals surface area contributed by atoms with E-state index in [4.69, 9.17) is 4.74 Å². The van der Waals surface area contributed by atoms with Gasteiger partial charge in [-0.2, -0.15) is 5.26 Å². The van der Waals surface area contributed by atoms with Crippen LogP contribution >= 0.6 is 0 Å². The number of hydrogen-bond acceptors (Lipinski definition) is 8. The first-order valence-electron chi connectivity index (χ1n) is 11.0. The number of hydrogen-bond donors (Lipinski definition) is 1. The molecule has 0 saturated carbocycles. The van der Waals surface area contributed by atoms with Crippen molar-refractivity contribution in [2.75, 3.05) is 24.6 Å². The van der Waals surface area contributed by atoms with E-state index >= 15 is 0 Å². The van der Waals surface area contributed by atoms with Gasteiger partial charge in [-0.3, -0.25) is 9.52 Å². The third kappa shape index (κ3) is 5.72. The monoisotopic (exact) mass is 484 g/mol. The van der Waals surface area contributed by atoms with Crippen molar-refractivity contribution in [1.29, 1.82) is 5.26 Å². The Kier molecular flexibility index (Phi) is 7.57. The highest BCUT2D eigenvalue weighted by molar-refractivity contribution is 7.89. The van der Waals surface area contributed by atoms with Gasteiger partial charge in [0.25, 0.3) is 0 Å². The maximum atomic E-state index is 12.9. The zero-order valence-electron chi connectivity index (χ0n) is 19.5. The molecule has 1 saturated heterocycles. The van der Waals surface area contributed by atoms with Gasteiger partial charge in [-0.25, -0.2) is 18.2 Å². The number of amides is 1. The summed E-state index contributed by atoms with van der Waals surface area (Å²) in [7, 11) is -3.83. The number of piperidine rings is 1. The van der Waals surface area contributed by atoms with E-state index in [9.17, 15) is 23.3 Å². The molecule has 1 aromatic carbocycles. The van der Waals surface area contributed by atoms with Crippen LogP contribution in [0.5, 0.6) is 0 Å². The van der Waals surface area contributed by atoms with Gasteiger partial charge in [0.1, 0.15) is 11.9 Å². The molecular formula is C24H28N4O5S. The fraction of sp³-hybridized carbons (Fsp3) is 0.417. The third-order valence-electron chi connectivity index (χ3n) is 5.97. The topological polar surface area (TPSA) is 129 Å². The first kappa shape index (κ1) is 25.2. The van der Waals surface area contributed by atoms with Crippen LogP contribution in [0.15, 0.2) is 36.4 Å². The van der Waals surface area contributed by atoms with E-state index in [1.165, 1.54) is 6.07 Å². The van der Waals surface area contributed by atoms with Gasteiger partial charge in [-0.05, 0) is 38.3 Å². The molecule has 1 aliphatic heterocycles. The Morgan fingerprint density at radius 2 is 1.88 bits per heavy atom. The molecule has 0 bridgehead atoms. The third-order valence-corrected chi connectivity index (χ3v) is 7.18. The Morgan fingerprint density at radius 3 is 2.47 bits per heavy atom. The normalized spacial score (nSPS) is 15.3. The van der Waals surface area contributed by atoms with Gasteiger partial charge >= 0.3 is 5.97 Å². The fourth-order valence-electron chi connectivity index (χ4n) is 3.86. The van der Waals surface area contributed by atoms with E-state index in [1.807, 2.05) is 4.90 Å². The minimum atomic E-state index is -3.83. The summed E-state index contributed by atoms with van der Waals surface area (Å²) in [6.45, 7) is 6.15. The van der Waals surface area contributed by atoms with Crippen molar-refractivity contribution in [2.24, 2.45) is 5.41 Å². The van der Waals surface area contributed by atoms with Gasteiger partial charge < -0.3 is 9.64 Å². The molecule has 0 atom stereocenters. The molecule has 34 heavy (non-hydrogen) atoms. The average molecular weight is 485 g/mol. The highest BCUT2D eigenvalue weighted by atomic mass is 32.2. The number of nitrogens with one attached hydrogen (secondary N) is 1. The number of anilines is 1. The number of nitriles is 1. The first-order chi connectivity index (χ1) is 16.1. The zero-order valence-corrected chi connectivity index (χ0v) is 20.3. The lowest BCUT2D eigenvalue weighted by Crippen LogP contribution is -2.49. The Balaban J connectivity index is 1.70. The highest BCUT2D eigenvalue weighted by Gasteiger charge is 2.39. The van der Waals surface area contributed by atoms with Crippen LogP contribution in [0, 0.1) is 23.7 Å². The van der Waals surface area contributed by atoms with Crippen LogP contribution in [0.2, 0.25) is 0 Å². The molecule has 1 aromatic heterocycles. The predicted molar refractivity (Wildman–Crippen MR) is 126 cm³/mol. The number of ether oxygens (including phenoxy) is 1. The standard InChI is InChI=1S/C24H28N4O5S/c1-4-33-22(29)20-14-19(15-25)21(26-17(20)2)28-12-10-24(3,11-13-28)23(30)27-34(31,32)16-18-8-6-5-7-9-18/h5-9,14H,4,10-13,16H2,1-3H3,(H,27,30). The molecule has 180 valence electrons. The van der Waals surface area contributed by atoms with Gasteiger partial charge in [0.15, 0.2) is 0 Å². The van der Waals surface area contributed by atoms with Crippen LogP contribution in [0.1, 0.15) is 53.9 Å². The number of esters is 1. The van der Waals surface area contributed by atoms with E-state index in [-0.39, 0.29) is 23.5 Å². The van der Waals surface area contributed by atoms with Crippen molar-refractivity contribution in [1.82, 2.24) is 9.71 Å². The Bertz CT molecular complexity index is 1210. The summed E-state index contributed by atoms with van der Waals surface area (Å²) in [4.78, 5) is 31.4. The lowest BCUT2D eigenvalue weighted by atomic mass is 9.79. The summed E-state index contributed by atoms with van der Waals surface area (Å²) in [5.74, 6) is -0.906. The SMILES string of the molecule is CCOC(=O)c1cc(C#N)c(N2CCC(C)(C(=O)NS(=O)(=O)Cc3ccccc3)CC2)nc1C. The van der Waals surface area contributed by atoms with Crippen molar-refractivity contribution in [3.63, 3.8) is 0 Å². The summed E-state index contributed by atoms with van der Waals surface area (Å²) >= 11 is 0. The van der Waals surface area contributed by atoms with E-state index in [2.05, 4.69) is 15.8 Å². The minimum absolute atomic E-state index is 0.218. The average Bonchev–Trinajstić information content (AvgIpc) is 2.79. The summed E-state index contributed by atoms with van der Waals surface area (Å²) in [5.41, 5.74) is 0.650. The molecule has 1 amide bonds. The number of pyridine rings is 1. The quantitative estimate of drug-likeness (QED) is 0.594. The van der Waals surface area contributed by atoms with Crippen LogP contribution in [0.3, 0.4) is 0 Å². The smallest absolute Gasteiger partial charge is 0.340 e. The Labute approximate surface area is 199 Å². The van der Waals surface area contributed by atoms with Crippen LogP contribution in [-0.4, -0.2) is 45.0 Å². The second-order valence-corrected chi connectivity index (χ2v) is 10.3. The maximum absolute atomic E-state index is 12.9. The van der Waals surface area contributed by atoms with Crippen molar-refractivity contribution in [2.45, 2.75) is 39.4 Å². The molecule has 2 heterocycles. The van der Waals surface area contributed by atoms with E-state index < -0.39 is 27.3 Å². The molecule has 1 fully saturated rings. The van der Waals surface area contributed by atoms with Crippen molar-refractivity contribution >= 4 is 27.7 Å². The number of sulfonamides is 1. The molecule has 9 nitrogen and oxygen atoms in total. The zero-order chi connectivity index (χ0) is 24.9. The molecule has 1 N–H and O–H groups in total. The fourth-order valence-corrected chi connectivity index (χ4v) is 5.10. The second-order valence-electron chi connectivity index (χ2n) is 8.55. The molecule has 0 spiro atoms. The van der Waals surface area contributed by atoms with E-state index in [0.29, 0.717) is 43.0 Å². The number of carbonyl (C=O) groups excluding carboxylic acids is 2. The lowest BCUT2D eigenvalue weighted by molar-refractivity contribution is -0.129. The Morgan fingerprint density at radius 1 is 1.24 bits per heavy atom. The van der Waals surface area contributed by atoms with Crippen molar-refractivity contribution in [3.05, 3.63) is 58.8 Å². The van der Waals surface area contributed by atoms with Gasteiger partial charge in [0, 0.05) is 13.1 Å². The van der Waals surface area contributed by atoms with E-state index in [0.717, 1.165) is 0 Å². The number of rotatable bonds is 7. The van der Waals surface area contributed by atoms with Crippen LogP contribution in [0.25, 0.3) is 0 Å². The second kappa shape index (κ2) is 10.2. The summed E-state index contributed by atoms with van der Waals surface area (Å²) in [6.07, 6.45) is 0.760. The van der Waals surface area contributed by atoms with Crippen molar-refractivity contribution in [3.8, 4) is 6.07 Å². The van der Waals surface area contributed by atoms with Crippen LogP contribution in [0.4, 0.5) is 5.82 Å². The molecule has 1 aliphatic rings. The van der Waals surface area contributed by atoms with Gasteiger partial charge in [-0.15, -0.1) is 0 Å². The maximum Gasteiger partial charge on any atom is 0.340 e. The largest absolute Gasteiger partial charge is 0.462 e. The highest BCUT2D eigenvalue weighted by Crippen LogP contribution is 2.34. The van der Waals surface area contributed by atoms with E-state index in [1.54, 1.807) is 51.1 Å². The van der Waals surface area contributed by atoms with Gasteiger partial charge in [-0.1, -0.05) is 37.3 Å². The molecule has 3 rings (SSSR count). The molecule has 2 aromatic rings. The molecule has 10 heteroatoms. The number of carbonyl (C=O) groups is 2. The molecular weight excluding hydrogens is 456 g/mol. The van der Waals surface area contributed by atoms with Crippen LogP contribution < -0.4 is 9.62 Å². The van der Waals surface area contributed by atoms with Crippen LogP contribution in [-0.2, 0) is 25.3 Å². The molecule has 0 unspecified atom stereocenters. The van der Waals surface area contributed by atoms with Gasteiger partial charge in [0.05, 0.1) is 34.6 Å². The Hall–Kier alpha value is -3.45. The summed E-state index contributed by atoms with van der Waals surface area (Å²) in [6, 6.07) is 12.2. The van der Waals surface area contributed by atoms with Gasteiger partial charge in [0.2, 0.25) is 15.9 Å². The molecule has 0 aliphatic carbocycles. The van der Waals surface area contributed by atoms with Crippen molar-refractivity contribution < 1.29 is 22.7 Å². The number of nitrogens with zero attached hydrogens (tertiary/aromatic N) is 3. The first-order valence-corrected chi connectivity index (χ1v) is 12.7. The number of benzene rings is 1. The summed E-state index contributed by atoms with van der Waals surface area (Å²) in [5, 5.41) is 9.62.